The average Bonchev–Trinajstić information content (AvgIpc) is 3.01. The lowest BCUT2D eigenvalue weighted by atomic mass is 10.1. The minimum atomic E-state index is -0.919. The van der Waals surface area contributed by atoms with E-state index in [0.29, 0.717) is 49.3 Å². The number of amides is 2. The van der Waals surface area contributed by atoms with Gasteiger partial charge in [-0.1, -0.05) is 29.3 Å². The van der Waals surface area contributed by atoms with Crippen molar-refractivity contribution in [2.75, 3.05) is 52.5 Å². The fourth-order valence-electron chi connectivity index (χ4n) is 3.50. The Morgan fingerprint density at radius 2 is 1.90 bits per heavy atom. The molecule has 0 bridgehead atoms. The Morgan fingerprint density at radius 3 is 2.62 bits per heavy atom. The molecule has 2 saturated heterocycles. The van der Waals surface area contributed by atoms with E-state index in [-0.39, 0.29) is 12.5 Å². The first-order valence-electron chi connectivity index (χ1n) is 9.80. The van der Waals surface area contributed by atoms with Gasteiger partial charge in [0.2, 0.25) is 11.7 Å². The van der Waals surface area contributed by atoms with E-state index in [1.807, 2.05) is 6.07 Å². The van der Waals surface area contributed by atoms with Crippen LogP contribution in [0.15, 0.2) is 18.2 Å². The number of nitrogens with zero attached hydrogens (tertiary/aromatic N) is 2. The van der Waals surface area contributed by atoms with Crippen LogP contribution in [0.2, 0.25) is 10.0 Å². The number of hydrogen-bond acceptors (Lipinski definition) is 5. The van der Waals surface area contributed by atoms with Crippen LogP contribution in [-0.2, 0) is 25.5 Å². The normalized spacial score (nSPS) is 20.3. The van der Waals surface area contributed by atoms with Gasteiger partial charge in [-0.15, -0.1) is 0 Å². The van der Waals surface area contributed by atoms with E-state index in [1.54, 1.807) is 12.1 Å². The largest absolute Gasteiger partial charge is 0.379 e. The van der Waals surface area contributed by atoms with Gasteiger partial charge in [-0.05, 0) is 30.5 Å². The van der Waals surface area contributed by atoms with E-state index in [1.165, 1.54) is 4.90 Å². The first-order valence-corrected chi connectivity index (χ1v) is 10.6. The van der Waals surface area contributed by atoms with Crippen molar-refractivity contribution in [3.63, 3.8) is 0 Å². The topological polar surface area (TPSA) is 79.0 Å². The Kier molecular flexibility index (Phi) is 7.89. The van der Waals surface area contributed by atoms with Gasteiger partial charge in [0.05, 0.1) is 23.3 Å². The van der Waals surface area contributed by atoms with Crippen LogP contribution in [0.25, 0.3) is 0 Å². The number of rotatable bonds is 8. The Labute approximate surface area is 180 Å². The maximum Gasteiger partial charge on any atom is 0.290 e. The summed E-state index contributed by atoms with van der Waals surface area (Å²) in [6.07, 6.45) is 1.42. The number of likely N-dealkylation sites (tertiary alicyclic amines) is 1. The molecule has 0 aliphatic carbocycles. The van der Waals surface area contributed by atoms with Crippen molar-refractivity contribution in [1.29, 1.82) is 0 Å². The summed E-state index contributed by atoms with van der Waals surface area (Å²) in [6, 6.07) is 5.44. The Hall–Kier alpha value is -1.67. The van der Waals surface area contributed by atoms with Gasteiger partial charge in [-0.2, -0.15) is 0 Å². The predicted molar refractivity (Wildman–Crippen MR) is 110 cm³/mol. The molecular formula is C20H25Cl2N3O4. The lowest BCUT2D eigenvalue weighted by Gasteiger charge is -2.28. The first-order chi connectivity index (χ1) is 14.0. The van der Waals surface area contributed by atoms with Gasteiger partial charge in [0.15, 0.2) is 0 Å². The van der Waals surface area contributed by atoms with Gasteiger partial charge in [-0.3, -0.25) is 19.3 Å². The molecule has 7 nitrogen and oxygen atoms in total. The molecule has 3 rings (SSSR count). The van der Waals surface area contributed by atoms with E-state index >= 15 is 0 Å². The van der Waals surface area contributed by atoms with Crippen LogP contribution in [0, 0.1) is 5.92 Å². The van der Waals surface area contributed by atoms with Crippen LogP contribution in [0.1, 0.15) is 12.0 Å². The van der Waals surface area contributed by atoms with Crippen LogP contribution in [0.3, 0.4) is 0 Å². The summed E-state index contributed by atoms with van der Waals surface area (Å²) in [5.41, 5.74) is 1.02. The number of carbonyl (C=O) groups excluding carboxylic acids is 3. The van der Waals surface area contributed by atoms with Gasteiger partial charge in [-0.25, -0.2) is 0 Å². The molecule has 158 valence electrons. The SMILES string of the molecule is O=C(NCCCc1ccc(Cl)c(Cl)c1)C1CN(CCN2CCOCC2)C(=O)C1=O. The third kappa shape index (κ3) is 5.92. The molecule has 2 aliphatic rings. The molecular weight excluding hydrogens is 417 g/mol. The Balaban J connectivity index is 1.40. The standard InChI is InChI=1S/C20H25Cl2N3O4/c21-16-4-3-14(12-17(16)22)2-1-5-23-19(27)15-13-25(20(28)18(15)26)7-6-24-8-10-29-11-9-24/h3-4,12,15H,1-2,5-11,13H2,(H,23,27). The molecule has 1 aromatic rings. The molecule has 2 heterocycles. The number of nitrogens with one attached hydrogen (secondary N) is 1. The molecule has 1 atom stereocenters. The summed E-state index contributed by atoms with van der Waals surface area (Å²) < 4.78 is 5.30. The minimum absolute atomic E-state index is 0.153. The Bertz CT molecular complexity index is 768. The summed E-state index contributed by atoms with van der Waals surface area (Å²) in [5.74, 6) is -2.48. The third-order valence-corrected chi connectivity index (χ3v) is 5.99. The molecule has 2 fully saturated rings. The molecule has 0 spiro atoms. The van der Waals surface area contributed by atoms with Crippen molar-refractivity contribution in [3.05, 3.63) is 33.8 Å². The van der Waals surface area contributed by atoms with Gasteiger partial charge in [0, 0.05) is 39.3 Å². The summed E-state index contributed by atoms with van der Waals surface area (Å²) in [6.45, 7) is 4.70. The number of morpholine rings is 1. The van der Waals surface area contributed by atoms with Crippen LogP contribution < -0.4 is 5.32 Å². The lowest BCUT2D eigenvalue weighted by Crippen LogP contribution is -2.42. The van der Waals surface area contributed by atoms with Gasteiger partial charge < -0.3 is 15.0 Å². The maximum atomic E-state index is 12.4. The van der Waals surface area contributed by atoms with Gasteiger partial charge in [0.1, 0.15) is 5.92 Å². The van der Waals surface area contributed by atoms with E-state index in [0.717, 1.165) is 25.1 Å². The highest BCUT2D eigenvalue weighted by Gasteiger charge is 2.42. The van der Waals surface area contributed by atoms with Crippen molar-refractivity contribution in [3.8, 4) is 0 Å². The number of ether oxygens (including phenoxy) is 1. The van der Waals surface area contributed by atoms with E-state index in [9.17, 15) is 14.4 Å². The second kappa shape index (κ2) is 10.4. The average molecular weight is 442 g/mol. The van der Waals surface area contributed by atoms with Crippen LogP contribution in [-0.4, -0.2) is 79.9 Å². The highest BCUT2D eigenvalue weighted by Crippen LogP contribution is 2.23. The summed E-state index contributed by atoms with van der Waals surface area (Å²) >= 11 is 11.9. The lowest BCUT2D eigenvalue weighted by molar-refractivity contribution is -0.142. The molecule has 0 aromatic heterocycles. The molecule has 0 saturated carbocycles. The zero-order chi connectivity index (χ0) is 20.8. The highest BCUT2D eigenvalue weighted by atomic mass is 35.5. The number of halogens is 2. The van der Waals surface area contributed by atoms with Crippen molar-refractivity contribution >= 4 is 40.8 Å². The monoisotopic (exact) mass is 441 g/mol. The first kappa shape index (κ1) is 22.0. The van der Waals surface area contributed by atoms with Crippen LogP contribution in [0.5, 0.6) is 0 Å². The number of carbonyl (C=O) groups is 3. The summed E-state index contributed by atoms with van der Waals surface area (Å²) in [5, 5.41) is 3.78. The maximum absolute atomic E-state index is 12.4. The molecule has 9 heteroatoms. The van der Waals surface area contributed by atoms with Gasteiger partial charge in [0.25, 0.3) is 5.91 Å². The predicted octanol–water partition coefficient (Wildman–Crippen LogP) is 1.40. The minimum Gasteiger partial charge on any atom is -0.379 e. The third-order valence-electron chi connectivity index (χ3n) is 5.25. The highest BCUT2D eigenvalue weighted by molar-refractivity contribution is 6.42. The molecule has 0 radical (unpaired) electrons. The van der Waals surface area contributed by atoms with Gasteiger partial charge >= 0.3 is 0 Å². The molecule has 2 aliphatic heterocycles. The second-order valence-electron chi connectivity index (χ2n) is 7.27. The van der Waals surface area contributed by atoms with Crippen molar-refractivity contribution in [2.24, 2.45) is 5.92 Å². The zero-order valence-corrected chi connectivity index (χ0v) is 17.7. The number of Topliss-reactive ketones (excluding diaryl/α,β-unsaturated/α-hetero) is 1. The van der Waals surface area contributed by atoms with Crippen molar-refractivity contribution < 1.29 is 19.1 Å². The fraction of sp³-hybridized carbons (Fsp3) is 0.550. The summed E-state index contributed by atoms with van der Waals surface area (Å²) in [7, 11) is 0. The van der Waals surface area contributed by atoms with E-state index in [2.05, 4.69) is 10.2 Å². The van der Waals surface area contributed by atoms with E-state index in [4.69, 9.17) is 27.9 Å². The molecule has 1 aromatic carbocycles. The molecule has 29 heavy (non-hydrogen) atoms. The van der Waals surface area contributed by atoms with E-state index < -0.39 is 17.6 Å². The zero-order valence-electron chi connectivity index (χ0n) is 16.2. The molecule has 1 N–H and O–H groups in total. The van der Waals surface area contributed by atoms with Crippen LogP contribution in [0.4, 0.5) is 0 Å². The fourth-order valence-corrected chi connectivity index (χ4v) is 3.82. The summed E-state index contributed by atoms with van der Waals surface area (Å²) in [4.78, 5) is 40.5. The smallest absolute Gasteiger partial charge is 0.290 e. The second-order valence-corrected chi connectivity index (χ2v) is 8.08. The van der Waals surface area contributed by atoms with Crippen LogP contribution >= 0.6 is 23.2 Å². The number of benzene rings is 1. The van der Waals surface area contributed by atoms with Crippen molar-refractivity contribution in [2.45, 2.75) is 12.8 Å². The molecule has 2 amide bonds. The number of aryl methyl sites for hydroxylation is 1. The molecule has 1 unspecified atom stereocenters. The Morgan fingerprint density at radius 1 is 1.14 bits per heavy atom. The quantitative estimate of drug-likeness (QED) is 0.374. The van der Waals surface area contributed by atoms with Crippen molar-refractivity contribution in [1.82, 2.24) is 15.1 Å². The number of hydrogen-bond donors (Lipinski definition) is 1. The number of ketones is 1.